The molecule has 0 radical (unpaired) electrons. The van der Waals surface area contributed by atoms with Gasteiger partial charge in [0.2, 0.25) is 0 Å². The molecule has 4 rings (SSSR count). The Labute approximate surface area is 136 Å². The average molecular weight is 327 g/mol. The molecule has 0 unspecified atom stereocenters. The Morgan fingerprint density at radius 3 is 1.86 bits per heavy atom. The van der Waals surface area contributed by atoms with Crippen molar-refractivity contribution in [3.05, 3.63) is 90.0 Å². The second-order valence-corrected chi connectivity index (χ2v) is 8.16. The van der Waals surface area contributed by atoms with E-state index in [-0.39, 0.29) is 0 Å². The van der Waals surface area contributed by atoms with Crippen LogP contribution in [0.2, 0.25) is 5.02 Å². The minimum absolute atomic E-state index is 0.751. The van der Waals surface area contributed by atoms with Gasteiger partial charge < -0.3 is 0 Å². The maximum Gasteiger partial charge on any atom is 0.0675 e. The first-order valence-electron chi connectivity index (χ1n) is 7.07. The first-order chi connectivity index (χ1) is 10.8. The Morgan fingerprint density at radius 1 is 0.727 bits per heavy atom. The second-order valence-electron chi connectivity index (χ2n) is 5.07. The molecule has 3 aromatic carbocycles. The van der Waals surface area contributed by atoms with E-state index in [0.717, 1.165) is 10.7 Å². The molecule has 1 aliphatic heterocycles. The van der Waals surface area contributed by atoms with Crippen molar-refractivity contribution in [1.29, 1.82) is 0 Å². The molecule has 1 heterocycles. The highest BCUT2D eigenvalue weighted by Crippen LogP contribution is 2.72. The summed E-state index contributed by atoms with van der Waals surface area (Å²) in [5.41, 5.74) is 1.09. The Balaban J connectivity index is 1.83. The summed E-state index contributed by atoms with van der Waals surface area (Å²) in [4.78, 5) is 6.20. The lowest BCUT2D eigenvalue weighted by Gasteiger charge is -2.20. The van der Waals surface area contributed by atoms with Crippen molar-refractivity contribution >= 4 is 27.7 Å². The van der Waals surface area contributed by atoms with Gasteiger partial charge in [-0.1, -0.05) is 54.1 Å². The fraction of sp³-hybridized carbons (Fsp3) is 0. The van der Waals surface area contributed by atoms with Crippen LogP contribution in [0.25, 0.3) is 0 Å². The third kappa shape index (κ3) is 2.18. The van der Waals surface area contributed by atoms with Crippen molar-refractivity contribution in [1.82, 2.24) is 4.83 Å². The lowest BCUT2D eigenvalue weighted by molar-refractivity contribution is 1.24. The molecular weight excluding hydrogens is 312 g/mol. The third-order valence-electron chi connectivity index (χ3n) is 3.67. The molecular formula is C18H15ClN2S. The van der Waals surface area contributed by atoms with Gasteiger partial charge in [0.1, 0.15) is 0 Å². The number of hydrogen-bond acceptors (Lipinski definition) is 2. The standard InChI is InChI=1S/C18H15ClN2S/c19-15-8-7-9-16(14-15)21-20-22(21,17-10-3-1-4-11-17)18-12-5-2-6-13-18/h1-14,20H. The molecule has 4 heteroatoms. The van der Waals surface area contributed by atoms with E-state index >= 15 is 0 Å². The van der Waals surface area contributed by atoms with E-state index in [0.29, 0.717) is 0 Å². The molecule has 1 N–H and O–H groups in total. The third-order valence-corrected chi connectivity index (χ3v) is 6.94. The molecule has 0 atom stereocenters. The van der Waals surface area contributed by atoms with Gasteiger partial charge in [-0.3, -0.25) is 0 Å². The zero-order valence-electron chi connectivity index (χ0n) is 11.8. The topological polar surface area (TPSA) is 25.0 Å². The molecule has 1 saturated heterocycles. The maximum absolute atomic E-state index is 6.16. The van der Waals surface area contributed by atoms with Gasteiger partial charge in [0.25, 0.3) is 0 Å². The van der Waals surface area contributed by atoms with E-state index in [9.17, 15) is 0 Å². The van der Waals surface area contributed by atoms with Crippen molar-refractivity contribution in [2.45, 2.75) is 9.79 Å². The molecule has 0 aromatic heterocycles. The quantitative estimate of drug-likeness (QED) is 0.650. The van der Waals surface area contributed by atoms with Crippen LogP contribution in [0.3, 0.4) is 0 Å². The second kappa shape index (κ2) is 5.36. The monoisotopic (exact) mass is 326 g/mol. The number of halogens is 1. The van der Waals surface area contributed by atoms with E-state index in [4.69, 9.17) is 11.6 Å². The first kappa shape index (κ1) is 13.7. The van der Waals surface area contributed by atoms with E-state index in [2.05, 4.69) is 63.8 Å². The van der Waals surface area contributed by atoms with Crippen LogP contribution in [0.15, 0.2) is 94.7 Å². The van der Waals surface area contributed by atoms with Gasteiger partial charge >= 0.3 is 0 Å². The summed E-state index contributed by atoms with van der Waals surface area (Å²) in [5, 5.41) is 0.751. The van der Waals surface area contributed by atoms with Crippen LogP contribution in [0.4, 0.5) is 5.69 Å². The van der Waals surface area contributed by atoms with Gasteiger partial charge in [-0.05, 0) is 52.9 Å². The van der Waals surface area contributed by atoms with E-state index < -0.39 is 10.4 Å². The zero-order valence-corrected chi connectivity index (χ0v) is 13.4. The predicted molar refractivity (Wildman–Crippen MR) is 94.1 cm³/mol. The molecule has 3 aromatic rings. The lowest BCUT2D eigenvalue weighted by Crippen LogP contribution is -1.97. The summed E-state index contributed by atoms with van der Waals surface area (Å²) in [5.74, 6) is 0. The molecule has 0 bridgehead atoms. The van der Waals surface area contributed by atoms with Crippen LogP contribution in [0, 0.1) is 0 Å². The molecule has 110 valence electrons. The van der Waals surface area contributed by atoms with Crippen LogP contribution < -0.4 is 9.25 Å². The predicted octanol–water partition coefficient (Wildman–Crippen LogP) is 5.42. The smallest absolute Gasteiger partial charge is 0.0675 e. The SMILES string of the molecule is Clc1cccc(N2NS2(c2ccccc2)c2ccccc2)c1. The Hall–Kier alpha value is -1.94. The van der Waals surface area contributed by atoms with Crippen molar-refractivity contribution in [2.24, 2.45) is 0 Å². The summed E-state index contributed by atoms with van der Waals surface area (Å²) in [6.45, 7) is 0. The summed E-state index contributed by atoms with van der Waals surface area (Å²) in [6.07, 6.45) is 0. The molecule has 0 saturated carbocycles. The van der Waals surface area contributed by atoms with E-state index in [1.165, 1.54) is 9.79 Å². The molecule has 0 amide bonds. The highest BCUT2D eigenvalue weighted by atomic mass is 35.5. The molecule has 2 nitrogen and oxygen atoms in total. The van der Waals surface area contributed by atoms with Crippen molar-refractivity contribution in [3.63, 3.8) is 0 Å². The van der Waals surface area contributed by atoms with Crippen molar-refractivity contribution in [3.8, 4) is 0 Å². The zero-order chi connectivity index (χ0) is 15.0. The maximum atomic E-state index is 6.16. The number of nitrogens with zero attached hydrogens (tertiary/aromatic N) is 1. The normalized spacial score (nSPS) is 17.0. The van der Waals surface area contributed by atoms with Crippen LogP contribution in [-0.4, -0.2) is 0 Å². The fourth-order valence-corrected chi connectivity index (χ4v) is 5.76. The summed E-state index contributed by atoms with van der Waals surface area (Å²) >= 11 is 6.16. The number of rotatable bonds is 3. The fourth-order valence-electron chi connectivity index (χ4n) is 2.60. The highest BCUT2D eigenvalue weighted by molar-refractivity contribution is 8.38. The number of hydrogen-bond donors (Lipinski definition) is 1. The Bertz CT molecular complexity index is 753. The van der Waals surface area contributed by atoms with Crippen LogP contribution in [0.5, 0.6) is 0 Å². The van der Waals surface area contributed by atoms with E-state index in [1.54, 1.807) is 0 Å². The lowest BCUT2D eigenvalue weighted by atomic mass is 10.3. The number of hydrazine groups is 1. The molecule has 0 spiro atoms. The van der Waals surface area contributed by atoms with Gasteiger partial charge in [-0.2, -0.15) is 4.83 Å². The molecule has 1 fully saturated rings. The first-order valence-corrected chi connectivity index (χ1v) is 9.04. The van der Waals surface area contributed by atoms with Gasteiger partial charge in [-0.25, -0.2) is 4.41 Å². The van der Waals surface area contributed by atoms with Gasteiger partial charge in [0.15, 0.2) is 0 Å². The molecule has 0 aliphatic carbocycles. The molecule has 1 aliphatic rings. The minimum Gasteiger partial charge on any atom is -0.237 e. The largest absolute Gasteiger partial charge is 0.237 e. The van der Waals surface area contributed by atoms with E-state index in [1.807, 2.05) is 30.3 Å². The van der Waals surface area contributed by atoms with Crippen molar-refractivity contribution in [2.75, 3.05) is 4.41 Å². The molecule has 22 heavy (non-hydrogen) atoms. The highest BCUT2D eigenvalue weighted by Gasteiger charge is 2.50. The van der Waals surface area contributed by atoms with Gasteiger partial charge in [0, 0.05) is 14.8 Å². The number of anilines is 1. The van der Waals surface area contributed by atoms with Crippen LogP contribution in [0.1, 0.15) is 0 Å². The summed E-state index contributed by atoms with van der Waals surface area (Å²) < 4.78 is 2.24. The number of benzene rings is 3. The van der Waals surface area contributed by atoms with Crippen LogP contribution >= 0.6 is 22.0 Å². The number of nitrogens with one attached hydrogen (secondary N) is 1. The summed E-state index contributed by atoms with van der Waals surface area (Å²) in [7, 11) is -1.37. The van der Waals surface area contributed by atoms with Gasteiger partial charge in [-0.15, -0.1) is 0 Å². The van der Waals surface area contributed by atoms with Crippen molar-refractivity contribution < 1.29 is 0 Å². The van der Waals surface area contributed by atoms with Crippen LogP contribution in [-0.2, 0) is 0 Å². The Kier molecular flexibility index (Phi) is 3.34. The average Bonchev–Trinajstić information content (AvgIpc) is 3.34. The van der Waals surface area contributed by atoms with Gasteiger partial charge in [0.05, 0.1) is 5.69 Å². The summed E-state index contributed by atoms with van der Waals surface area (Å²) in [6, 6.07) is 29.1. The Morgan fingerprint density at radius 2 is 1.32 bits per heavy atom. The minimum atomic E-state index is -1.37.